The van der Waals surface area contributed by atoms with Crippen LogP contribution in [0.4, 0.5) is 0 Å². The van der Waals surface area contributed by atoms with Crippen molar-refractivity contribution in [3.8, 4) is 0 Å². The van der Waals surface area contributed by atoms with E-state index in [2.05, 4.69) is 45.6 Å². The molecule has 2 fully saturated rings. The zero-order valence-corrected chi connectivity index (χ0v) is 15.1. The van der Waals surface area contributed by atoms with Gasteiger partial charge in [0, 0.05) is 25.6 Å². The molecule has 0 bridgehead atoms. The minimum atomic E-state index is -0.242. The molecule has 2 aromatic rings. The number of likely N-dealkylation sites (tertiary alicyclic amines) is 1. The van der Waals surface area contributed by atoms with Crippen molar-refractivity contribution in [2.75, 3.05) is 13.1 Å². The van der Waals surface area contributed by atoms with E-state index in [1.54, 1.807) is 0 Å². The summed E-state index contributed by atoms with van der Waals surface area (Å²) in [7, 11) is 0. The zero-order valence-electron chi connectivity index (χ0n) is 15.1. The van der Waals surface area contributed by atoms with Crippen molar-refractivity contribution < 1.29 is 4.79 Å². The number of carbonyl (C=O) groups is 1. The highest BCUT2D eigenvalue weighted by molar-refractivity contribution is 5.91. The third kappa shape index (κ3) is 2.96. The molecule has 1 atom stereocenters. The van der Waals surface area contributed by atoms with E-state index in [0.717, 1.165) is 44.6 Å². The molecule has 1 saturated heterocycles. The Labute approximate surface area is 149 Å². The largest absolute Gasteiger partial charge is 0.342 e. The second-order valence-corrected chi connectivity index (χ2v) is 7.81. The van der Waals surface area contributed by atoms with Gasteiger partial charge in [0.05, 0.1) is 5.41 Å². The number of hydrogen-bond donors (Lipinski definition) is 0. The summed E-state index contributed by atoms with van der Waals surface area (Å²) in [5, 5.41) is 8.35. The Kier molecular flexibility index (Phi) is 4.10. The zero-order chi connectivity index (χ0) is 17.4. The van der Waals surface area contributed by atoms with Crippen molar-refractivity contribution in [3.05, 3.63) is 48.0 Å². The molecular weight excluding hydrogens is 312 g/mol. The van der Waals surface area contributed by atoms with Crippen LogP contribution in [0.25, 0.3) is 0 Å². The molecule has 0 spiro atoms. The van der Waals surface area contributed by atoms with Crippen LogP contribution in [0.1, 0.15) is 50.5 Å². The van der Waals surface area contributed by atoms with Crippen LogP contribution < -0.4 is 0 Å². The molecule has 2 heterocycles. The van der Waals surface area contributed by atoms with Crippen molar-refractivity contribution in [2.24, 2.45) is 5.92 Å². The third-order valence-electron chi connectivity index (χ3n) is 5.73. The minimum absolute atomic E-state index is 0.242. The van der Waals surface area contributed by atoms with Crippen LogP contribution >= 0.6 is 0 Å². The number of rotatable bonds is 5. The number of amides is 1. The average Bonchev–Trinajstić information content (AvgIpc) is 3.07. The fourth-order valence-electron chi connectivity index (χ4n) is 4.10. The van der Waals surface area contributed by atoms with Gasteiger partial charge in [-0.05, 0) is 44.6 Å². The summed E-state index contributed by atoms with van der Waals surface area (Å²) in [6.45, 7) is 6.01. The molecule has 132 valence electrons. The van der Waals surface area contributed by atoms with Crippen LogP contribution in [0, 0.1) is 5.92 Å². The van der Waals surface area contributed by atoms with Crippen LogP contribution in [0.15, 0.2) is 36.7 Å². The number of carbonyl (C=O) groups excluding carboxylic acids is 1. The quantitative estimate of drug-likeness (QED) is 0.842. The summed E-state index contributed by atoms with van der Waals surface area (Å²) in [5.41, 5.74) is 0.941. The first-order chi connectivity index (χ1) is 12.1. The summed E-state index contributed by atoms with van der Waals surface area (Å²) in [6.07, 6.45) is 5.74. The lowest BCUT2D eigenvalue weighted by Crippen LogP contribution is -2.38. The third-order valence-corrected chi connectivity index (χ3v) is 5.73. The highest BCUT2D eigenvalue weighted by Crippen LogP contribution is 2.50. The Hall–Kier alpha value is -2.17. The molecular formula is C20H26N4O. The highest BCUT2D eigenvalue weighted by Gasteiger charge is 2.53. The molecule has 0 radical (unpaired) electrons. The van der Waals surface area contributed by atoms with Crippen molar-refractivity contribution in [3.63, 3.8) is 0 Å². The fourth-order valence-corrected chi connectivity index (χ4v) is 4.10. The Morgan fingerprint density at radius 3 is 2.72 bits per heavy atom. The number of nitrogens with zero attached hydrogens (tertiary/aromatic N) is 4. The van der Waals surface area contributed by atoms with Crippen molar-refractivity contribution >= 4 is 5.91 Å². The van der Waals surface area contributed by atoms with Gasteiger partial charge in [0.2, 0.25) is 5.91 Å². The highest BCUT2D eigenvalue weighted by atomic mass is 16.2. The fraction of sp³-hybridized carbons (Fsp3) is 0.550. The van der Waals surface area contributed by atoms with Gasteiger partial charge in [-0.1, -0.05) is 30.3 Å². The second-order valence-electron chi connectivity index (χ2n) is 7.81. The molecule has 1 saturated carbocycles. The lowest BCUT2D eigenvalue weighted by molar-refractivity contribution is -0.133. The molecule has 5 nitrogen and oxygen atoms in total. The van der Waals surface area contributed by atoms with Crippen LogP contribution in [-0.4, -0.2) is 38.7 Å². The van der Waals surface area contributed by atoms with Gasteiger partial charge in [-0.15, -0.1) is 10.2 Å². The topological polar surface area (TPSA) is 51.0 Å². The van der Waals surface area contributed by atoms with E-state index in [-0.39, 0.29) is 5.41 Å². The Morgan fingerprint density at radius 2 is 2.04 bits per heavy atom. The monoisotopic (exact) mass is 338 g/mol. The molecule has 5 heteroatoms. The first-order valence-corrected chi connectivity index (χ1v) is 9.33. The predicted molar refractivity (Wildman–Crippen MR) is 96.2 cm³/mol. The van der Waals surface area contributed by atoms with E-state index in [1.165, 1.54) is 5.56 Å². The Balaban J connectivity index is 1.43. The number of aromatic nitrogens is 3. The maximum atomic E-state index is 13.1. The van der Waals surface area contributed by atoms with Gasteiger partial charge in [0.15, 0.2) is 0 Å². The van der Waals surface area contributed by atoms with Gasteiger partial charge < -0.3 is 9.47 Å². The molecule has 4 rings (SSSR count). The summed E-state index contributed by atoms with van der Waals surface area (Å²) >= 11 is 0. The van der Waals surface area contributed by atoms with E-state index >= 15 is 0 Å². The average molecular weight is 338 g/mol. The normalized spacial score (nSPS) is 21.7. The van der Waals surface area contributed by atoms with Gasteiger partial charge in [0.1, 0.15) is 12.2 Å². The standard InChI is InChI=1S/C20H26N4O/c1-15(2)24-14-21-22-18(24)12-16-8-11-23(13-16)19(25)20(9-10-20)17-6-4-3-5-7-17/h3-7,14-16H,8-13H2,1-2H3. The molecule has 1 aromatic carbocycles. The lowest BCUT2D eigenvalue weighted by atomic mass is 9.94. The summed E-state index contributed by atoms with van der Waals surface area (Å²) < 4.78 is 2.14. The molecule has 1 aromatic heterocycles. The molecule has 25 heavy (non-hydrogen) atoms. The number of benzene rings is 1. The van der Waals surface area contributed by atoms with Crippen LogP contribution in [0.3, 0.4) is 0 Å². The second kappa shape index (κ2) is 6.28. The van der Waals surface area contributed by atoms with Crippen LogP contribution in [0.5, 0.6) is 0 Å². The molecule has 1 aliphatic carbocycles. The SMILES string of the molecule is CC(C)n1cnnc1CC1CCN(C(=O)C2(c3ccccc3)CC2)C1. The van der Waals surface area contributed by atoms with E-state index in [4.69, 9.17) is 0 Å². The van der Waals surface area contributed by atoms with Gasteiger partial charge in [-0.2, -0.15) is 0 Å². The van der Waals surface area contributed by atoms with Crippen molar-refractivity contribution in [2.45, 2.75) is 51.0 Å². The molecule has 1 unspecified atom stereocenters. The van der Waals surface area contributed by atoms with Crippen LogP contribution in [-0.2, 0) is 16.6 Å². The minimum Gasteiger partial charge on any atom is -0.342 e. The van der Waals surface area contributed by atoms with Crippen molar-refractivity contribution in [1.29, 1.82) is 0 Å². The summed E-state index contributed by atoms with van der Waals surface area (Å²) in [5.74, 6) is 1.85. The molecule has 1 amide bonds. The summed E-state index contributed by atoms with van der Waals surface area (Å²) in [4.78, 5) is 15.2. The van der Waals surface area contributed by atoms with E-state index in [9.17, 15) is 4.79 Å². The Bertz CT molecular complexity index is 748. The first kappa shape index (κ1) is 16.3. The maximum absolute atomic E-state index is 13.1. The number of hydrogen-bond acceptors (Lipinski definition) is 3. The van der Waals surface area contributed by atoms with Crippen LogP contribution in [0.2, 0.25) is 0 Å². The van der Waals surface area contributed by atoms with E-state index < -0.39 is 0 Å². The van der Waals surface area contributed by atoms with E-state index in [0.29, 0.717) is 17.9 Å². The van der Waals surface area contributed by atoms with Gasteiger partial charge in [-0.25, -0.2) is 0 Å². The molecule has 1 aliphatic heterocycles. The predicted octanol–water partition coefficient (Wildman–Crippen LogP) is 2.98. The smallest absolute Gasteiger partial charge is 0.233 e. The molecule has 2 aliphatic rings. The van der Waals surface area contributed by atoms with Crippen molar-refractivity contribution in [1.82, 2.24) is 19.7 Å². The lowest BCUT2D eigenvalue weighted by Gasteiger charge is -2.23. The van der Waals surface area contributed by atoms with Gasteiger partial charge in [0.25, 0.3) is 0 Å². The first-order valence-electron chi connectivity index (χ1n) is 9.33. The van der Waals surface area contributed by atoms with E-state index in [1.807, 2.05) is 24.5 Å². The Morgan fingerprint density at radius 1 is 1.28 bits per heavy atom. The molecule has 0 N–H and O–H groups in total. The maximum Gasteiger partial charge on any atom is 0.233 e. The van der Waals surface area contributed by atoms with Gasteiger partial charge >= 0.3 is 0 Å². The van der Waals surface area contributed by atoms with Gasteiger partial charge in [-0.3, -0.25) is 4.79 Å². The summed E-state index contributed by atoms with van der Waals surface area (Å²) in [6, 6.07) is 10.7.